The van der Waals surface area contributed by atoms with Crippen LogP contribution in [-0.4, -0.2) is 49.3 Å². The standard InChI is InChI=1S/4C4H11P.Hf/c4*1-3-5-4-2;/h4*5H,3-4H2,1-2H3;. The summed E-state index contributed by atoms with van der Waals surface area (Å²) in [6, 6.07) is 0. The van der Waals surface area contributed by atoms with Crippen molar-refractivity contribution in [3.8, 4) is 0 Å². The third-order valence-electron chi connectivity index (χ3n) is 2.00. The first-order valence-corrected chi connectivity index (χ1v) is 14.1. The maximum absolute atomic E-state index is 2.22. The van der Waals surface area contributed by atoms with Gasteiger partial charge in [0.15, 0.2) is 0 Å². The van der Waals surface area contributed by atoms with Crippen LogP contribution in [0.4, 0.5) is 0 Å². The summed E-state index contributed by atoms with van der Waals surface area (Å²) >= 11 is 0. The Morgan fingerprint density at radius 1 is 0.333 bits per heavy atom. The molecule has 0 saturated carbocycles. The second-order valence-corrected chi connectivity index (χ2v) is 11.5. The molecule has 0 atom stereocenters. The minimum Gasteiger partial charge on any atom is -0.123 e. The summed E-state index contributed by atoms with van der Waals surface area (Å²) in [4.78, 5) is 0. The molecule has 0 spiro atoms. The van der Waals surface area contributed by atoms with Gasteiger partial charge in [0.25, 0.3) is 0 Å². The second kappa shape index (κ2) is 49.5. The number of rotatable bonds is 8. The van der Waals surface area contributed by atoms with Gasteiger partial charge in [0.2, 0.25) is 0 Å². The Labute approximate surface area is 164 Å². The molecule has 0 aromatic carbocycles. The fraction of sp³-hybridized carbons (Fsp3) is 1.00. The summed E-state index contributed by atoms with van der Waals surface area (Å²) in [5.74, 6) is 0. The molecular weight excluding hydrogens is 495 g/mol. The number of hydrogen-bond donors (Lipinski definition) is 0. The van der Waals surface area contributed by atoms with E-state index in [1.54, 1.807) is 0 Å². The molecule has 0 saturated heterocycles. The Balaban J connectivity index is -0.0000000533. The zero-order valence-corrected chi connectivity index (χ0v) is 23.7. The van der Waals surface area contributed by atoms with Gasteiger partial charge >= 0.3 is 0 Å². The molecule has 5 heteroatoms. The van der Waals surface area contributed by atoms with Crippen molar-refractivity contribution in [2.75, 3.05) is 49.3 Å². The molecule has 0 aliphatic rings. The van der Waals surface area contributed by atoms with Gasteiger partial charge in [0.1, 0.15) is 0 Å². The van der Waals surface area contributed by atoms with Crippen molar-refractivity contribution in [2.24, 2.45) is 0 Å². The van der Waals surface area contributed by atoms with Gasteiger partial charge < -0.3 is 0 Å². The summed E-state index contributed by atoms with van der Waals surface area (Å²) in [6.07, 6.45) is 11.0. The van der Waals surface area contributed by atoms with E-state index in [2.05, 4.69) is 55.4 Å². The van der Waals surface area contributed by atoms with E-state index in [0.717, 1.165) is 0 Å². The quantitative estimate of drug-likeness (QED) is 0.235. The molecule has 0 aliphatic heterocycles. The van der Waals surface area contributed by atoms with Crippen molar-refractivity contribution in [3.63, 3.8) is 0 Å². The predicted octanol–water partition coefficient (Wildman–Crippen LogP) is 6.82. The molecule has 21 heavy (non-hydrogen) atoms. The summed E-state index contributed by atoms with van der Waals surface area (Å²) < 4.78 is 0. The van der Waals surface area contributed by atoms with Crippen LogP contribution in [0.15, 0.2) is 0 Å². The first-order valence-electron chi connectivity index (χ1n) is 8.49. The van der Waals surface area contributed by atoms with Crippen LogP contribution in [0.3, 0.4) is 0 Å². The molecule has 0 aliphatic carbocycles. The smallest absolute Gasteiger partial charge is 0 e. The Bertz CT molecular complexity index is 74.3. The van der Waals surface area contributed by atoms with Crippen LogP contribution < -0.4 is 0 Å². The van der Waals surface area contributed by atoms with E-state index >= 15 is 0 Å². The molecule has 0 unspecified atom stereocenters. The van der Waals surface area contributed by atoms with E-state index < -0.39 is 0 Å². The van der Waals surface area contributed by atoms with Crippen molar-refractivity contribution >= 4 is 34.3 Å². The van der Waals surface area contributed by atoms with E-state index in [4.69, 9.17) is 0 Å². The molecule has 0 nitrogen and oxygen atoms in total. The molecule has 132 valence electrons. The maximum atomic E-state index is 2.22. The van der Waals surface area contributed by atoms with Crippen LogP contribution in [0, 0.1) is 0 Å². The molecule has 0 heterocycles. The molecule has 0 aromatic heterocycles. The molecular formula is C16H44HfP4. The average molecular weight is 539 g/mol. The second-order valence-electron chi connectivity index (χ2n) is 3.83. The van der Waals surface area contributed by atoms with Gasteiger partial charge in [-0.2, -0.15) is 0 Å². The SMILES string of the molecule is CCPCC.CCPCC.CCPCC.CCPCC.[Hf]. The molecule has 0 bridgehead atoms. The van der Waals surface area contributed by atoms with Gasteiger partial charge in [-0.25, -0.2) is 0 Å². The van der Waals surface area contributed by atoms with Crippen LogP contribution in [0.1, 0.15) is 55.4 Å². The van der Waals surface area contributed by atoms with Crippen LogP contribution >= 0.6 is 34.3 Å². The minimum atomic E-state index is 0. The van der Waals surface area contributed by atoms with Crippen LogP contribution in [0.5, 0.6) is 0 Å². The van der Waals surface area contributed by atoms with E-state index in [0.29, 0.717) is 0 Å². The van der Waals surface area contributed by atoms with E-state index in [1.807, 2.05) is 0 Å². The van der Waals surface area contributed by atoms with Gasteiger partial charge in [-0.05, 0) is 49.3 Å². The predicted molar refractivity (Wildman–Crippen MR) is 118 cm³/mol. The minimum absolute atomic E-state index is 0. The monoisotopic (exact) mass is 540 g/mol. The van der Waals surface area contributed by atoms with E-state index in [-0.39, 0.29) is 25.8 Å². The molecule has 0 N–H and O–H groups in total. The van der Waals surface area contributed by atoms with Crippen molar-refractivity contribution in [1.82, 2.24) is 0 Å². The van der Waals surface area contributed by atoms with Gasteiger partial charge in [-0.15, -0.1) is 34.3 Å². The average Bonchev–Trinajstić information content (AvgIpc) is 2.44. The summed E-state index contributed by atoms with van der Waals surface area (Å²) in [7, 11) is 4.79. The molecule has 0 fully saturated rings. The zero-order valence-electron chi connectivity index (χ0n) is 16.2. The number of hydrogen-bond acceptors (Lipinski definition) is 0. The topological polar surface area (TPSA) is 0 Å². The van der Waals surface area contributed by atoms with E-state index in [1.165, 1.54) is 83.6 Å². The van der Waals surface area contributed by atoms with Crippen molar-refractivity contribution < 1.29 is 25.8 Å². The normalized spacial score (nSPS) is 8.00. The first-order chi connectivity index (χ1) is 9.66. The molecule has 0 radical (unpaired) electrons. The fourth-order valence-electron chi connectivity index (χ4n) is 1.000. The van der Waals surface area contributed by atoms with Gasteiger partial charge in [0, 0.05) is 25.8 Å². The molecule has 0 aromatic rings. The first kappa shape index (κ1) is 34.8. The fourth-order valence-corrected chi connectivity index (χ4v) is 3.00. The van der Waals surface area contributed by atoms with Crippen molar-refractivity contribution in [3.05, 3.63) is 0 Å². The Morgan fingerprint density at radius 3 is 0.429 bits per heavy atom. The Hall–Kier alpha value is 2.59. The summed E-state index contributed by atoms with van der Waals surface area (Å²) in [5, 5.41) is 0. The summed E-state index contributed by atoms with van der Waals surface area (Å²) in [5.41, 5.74) is 0. The maximum Gasteiger partial charge on any atom is 0 e. The van der Waals surface area contributed by atoms with Crippen LogP contribution in [0.25, 0.3) is 0 Å². The van der Waals surface area contributed by atoms with Gasteiger partial charge in [-0.1, -0.05) is 55.4 Å². The van der Waals surface area contributed by atoms with Crippen molar-refractivity contribution in [1.29, 1.82) is 0 Å². The zero-order chi connectivity index (χ0) is 16.5. The molecule has 0 rings (SSSR count). The molecule has 0 amide bonds. The van der Waals surface area contributed by atoms with Crippen LogP contribution in [-0.2, 0) is 25.8 Å². The largest absolute Gasteiger partial charge is 0.123 e. The van der Waals surface area contributed by atoms with E-state index in [9.17, 15) is 0 Å². The van der Waals surface area contributed by atoms with Crippen molar-refractivity contribution in [2.45, 2.75) is 55.4 Å². The van der Waals surface area contributed by atoms with Crippen LogP contribution in [0.2, 0.25) is 0 Å². The summed E-state index contributed by atoms with van der Waals surface area (Å²) in [6.45, 7) is 17.8. The van der Waals surface area contributed by atoms with Gasteiger partial charge in [0.05, 0.1) is 0 Å². The third-order valence-corrected chi connectivity index (χ3v) is 6.00. The Kier molecular flexibility index (Phi) is 82.1. The Morgan fingerprint density at radius 2 is 0.429 bits per heavy atom. The third kappa shape index (κ3) is 85.4. The van der Waals surface area contributed by atoms with Gasteiger partial charge in [-0.3, -0.25) is 0 Å².